The molecule has 0 atom stereocenters. The van der Waals surface area contributed by atoms with E-state index in [4.69, 9.17) is 5.73 Å². The zero-order valence-electron chi connectivity index (χ0n) is 15.0. The number of hydrogen-bond acceptors (Lipinski definition) is 7. The van der Waals surface area contributed by atoms with Crippen molar-refractivity contribution >= 4 is 28.7 Å². The molecule has 27 heavy (non-hydrogen) atoms. The molecule has 0 saturated carbocycles. The predicted molar refractivity (Wildman–Crippen MR) is 103 cm³/mol. The summed E-state index contributed by atoms with van der Waals surface area (Å²) in [4.78, 5) is 38.6. The largest absolute Gasteiger partial charge is 0.379 e. The van der Waals surface area contributed by atoms with Crippen LogP contribution in [0, 0.1) is 0 Å². The van der Waals surface area contributed by atoms with Crippen molar-refractivity contribution in [2.24, 2.45) is 0 Å². The molecule has 9 heteroatoms. The van der Waals surface area contributed by atoms with E-state index in [1.54, 1.807) is 12.1 Å². The fourth-order valence-corrected chi connectivity index (χ4v) is 2.47. The van der Waals surface area contributed by atoms with Gasteiger partial charge in [0, 0.05) is 17.8 Å². The average Bonchev–Trinajstić information content (AvgIpc) is 2.67. The second kappa shape index (κ2) is 8.26. The van der Waals surface area contributed by atoms with E-state index < -0.39 is 5.56 Å². The number of H-pyrrole nitrogens is 1. The SMILES string of the molecule is CCCCNC(=O)c1ccc(NCc2cnc3nc(N)[nH]c(=O)c3n2)cc1. The highest BCUT2D eigenvalue weighted by Crippen LogP contribution is 2.11. The molecule has 0 spiro atoms. The van der Waals surface area contributed by atoms with Crippen LogP contribution in [0.15, 0.2) is 35.3 Å². The molecule has 0 aliphatic rings. The van der Waals surface area contributed by atoms with Crippen molar-refractivity contribution in [2.75, 3.05) is 17.6 Å². The first kappa shape index (κ1) is 18.3. The first-order valence-corrected chi connectivity index (χ1v) is 8.70. The van der Waals surface area contributed by atoms with Crippen LogP contribution in [0.25, 0.3) is 11.2 Å². The second-order valence-corrected chi connectivity index (χ2v) is 6.03. The Balaban J connectivity index is 1.64. The Morgan fingerprint density at radius 2 is 2.00 bits per heavy atom. The minimum absolute atomic E-state index is 0.00601. The summed E-state index contributed by atoms with van der Waals surface area (Å²) < 4.78 is 0. The van der Waals surface area contributed by atoms with E-state index in [2.05, 4.69) is 37.5 Å². The van der Waals surface area contributed by atoms with E-state index in [-0.39, 0.29) is 23.0 Å². The van der Waals surface area contributed by atoms with Crippen LogP contribution >= 0.6 is 0 Å². The number of aromatic amines is 1. The third kappa shape index (κ3) is 4.57. The van der Waals surface area contributed by atoms with Crippen LogP contribution in [0.3, 0.4) is 0 Å². The molecule has 5 N–H and O–H groups in total. The molecule has 2 heterocycles. The predicted octanol–water partition coefficient (Wildman–Crippen LogP) is 1.44. The van der Waals surface area contributed by atoms with Crippen molar-refractivity contribution in [1.82, 2.24) is 25.3 Å². The van der Waals surface area contributed by atoms with E-state index in [0.29, 0.717) is 24.3 Å². The van der Waals surface area contributed by atoms with Gasteiger partial charge >= 0.3 is 0 Å². The summed E-state index contributed by atoms with van der Waals surface area (Å²) in [6.07, 6.45) is 3.54. The highest BCUT2D eigenvalue weighted by Gasteiger charge is 2.07. The Hall–Kier alpha value is -3.49. The minimum Gasteiger partial charge on any atom is -0.379 e. The molecule has 0 saturated heterocycles. The number of anilines is 2. The third-order valence-electron chi connectivity index (χ3n) is 3.92. The van der Waals surface area contributed by atoms with Crippen LogP contribution in [0.2, 0.25) is 0 Å². The number of benzene rings is 1. The van der Waals surface area contributed by atoms with Crippen molar-refractivity contribution < 1.29 is 4.79 Å². The molecule has 0 fully saturated rings. The van der Waals surface area contributed by atoms with Gasteiger partial charge < -0.3 is 16.4 Å². The lowest BCUT2D eigenvalue weighted by Gasteiger charge is -2.08. The lowest BCUT2D eigenvalue weighted by atomic mass is 10.2. The first-order valence-electron chi connectivity index (χ1n) is 8.70. The smallest absolute Gasteiger partial charge is 0.280 e. The van der Waals surface area contributed by atoms with Crippen molar-refractivity contribution in [3.8, 4) is 0 Å². The van der Waals surface area contributed by atoms with Gasteiger partial charge in [-0.05, 0) is 30.7 Å². The number of amides is 1. The number of unbranched alkanes of at least 4 members (excludes halogenated alkanes) is 1. The van der Waals surface area contributed by atoms with Gasteiger partial charge in [-0.3, -0.25) is 14.6 Å². The van der Waals surface area contributed by atoms with E-state index >= 15 is 0 Å². The summed E-state index contributed by atoms with van der Waals surface area (Å²) >= 11 is 0. The van der Waals surface area contributed by atoms with Gasteiger partial charge in [-0.1, -0.05) is 13.3 Å². The number of nitrogens with two attached hydrogens (primary N) is 1. The summed E-state index contributed by atoms with van der Waals surface area (Å²) in [5.74, 6) is -0.0760. The van der Waals surface area contributed by atoms with Crippen LogP contribution in [0.1, 0.15) is 35.8 Å². The topological polar surface area (TPSA) is 139 Å². The van der Waals surface area contributed by atoms with Gasteiger partial charge in [0.1, 0.15) is 0 Å². The van der Waals surface area contributed by atoms with E-state index in [0.717, 1.165) is 18.5 Å². The zero-order valence-corrected chi connectivity index (χ0v) is 15.0. The van der Waals surface area contributed by atoms with E-state index in [1.165, 1.54) is 6.20 Å². The molecular weight excluding hydrogens is 346 g/mol. The number of carbonyl (C=O) groups excluding carboxylic acids is 1. The average molecular weight is 367 g/mol. The van der Waals surface area contributed by atoms with Crippen molar-refractivity contribution in [3.63, 3.8) is 0 Å². The van der Waals surface area contributed by atoms with Gasteiger partial charge in [0.15, 0.2) is 11.2 Å². The Morgan fingerprint density at radius 1 is 1.22 bits per heavy atom. The van der Waals surface area contributed by atoms with Crippen LogP contribution in [-0.4, -0.2) is 32.4 Å². The van der Waals surface area contributed by atoms with Gasteiger partial charge in [-0.15, -0.1) is 0 Å². The second-order valence-electron chi connectivity index (χ2n) is 6.03. The molecule has 0 unspecified atom stereocenters. The summed E-state index contributed by atoms with van der Waals surface area (Å²) in [6, 6.07) is 7.15. The number of nitrogens with one attached hydrogen (secondary N) is 3. The number of nitrogen functional groups attached to an aromatic ring is 1. The molecule has 3 rings (SSSR count). The fourth-order valence-electron chi connectivity index (χ4n) is 2.47. The molecule has 3 aromatic rings. The van der Waals surface area contributed by atoms with Crippen LogP contribution < -0.4 is 21.9 Å². The molecule has 9 nitrogen and oxygen atoms in total. The van der Waals surface area contributed by atoms with Crippen LogP contribution in [0.4, 0.5) is 11.6 Å². The maximum Gasteiger partial charge on any atom is 0.280 e. The zero-order chi connectivity index (χ0) is 19.2. The molecule has 0 radical (unpaired) electrons. The van der Waals surface area contributed by atoms with Gasteiger partial charge in [0.25, 0.3) is 11.5 Å². The van der Waals surface area contributed by atoms with Crippen molar-refractivity contribution in [3.05, 3.63) is 52.1 Å². The lowest BCUT2D eigenvalue weighted by Crippen LogP contribution is -2.24. The van der Waals surface area contributed by atoms with Crippen molar-refractivity contribution in [2.45, 2.75) is 26.3 Å². The molecule has 140 valence electrons. The van der Waals surface area contributed by atoms with Gasteiger partial charge in [-0.2, -0.15) is 4.98 Å². The Bertz CT molecular complexity index is 999. The lowest BCUT2D eigenvalue weighted by molar-refractivity contribution is 0.0953. The molecular formula is C18H21N7O2. The molecule has 0 aliphatic heterocycles. The van der Waals surface area contributed by atoms with Crippen LogP contribution in [-0.2, 0) is 6.54 Å². The Kier molecular flexibility index (Phi) is 5.60. The van der Waals surface area contributed by atoms with Crippen molar-refractivity contribution in [1.29, 1.82) is 0 Å². The number of nitrogens with zero attached hydrogens (tertiary/aromatic N) is 3. The third-order valence-corrected chi connectivity index (χ3v) is 3.92. The standard InChI is InChI=1S/C18H21N7O2/c1-2-3-8-20-16(26)11-4-6-12(7-5-11)21-9-13-10-22-15-14(23-13)17(27)25-18(19)24-15/h4-7,10,21H,2-3,8-9H2,1H3,(H,20,26)(H3,19,22,24,25,27). The Labute approximate surface area is 155 Å². The molecule has 1 amide bonds. The van der Waals surface area contributed by atoms with E-state index in [9.17, 15) is 9.59 Å². The monoisotopic (exact) mass is 367 g/mol. The maximum atomic E-state index is 12.0. The maximum absolute atomic E-state index is 12.0. The number of rotatable bonds is 7. The Morgan fingerprint density at radius 3 is 2.74 bits per heavy atom. The number of aromatic nitrogens is 4. The van der Waals surface area contributed by atoms with Gasteiger partial charge in [0.05, 0.1) is 18.4 Å². The number of fused-ring (bicyclic) bond motifs is 1. The molecule has 0 aliphatic carbocycles. The van der Waals surface area contributed by atoms with E-state index in [1.807, 2.05) is 12.1 Å². The highest BCUT2D eigenvalue weighted by atomic mass is 16.1. The molecule has 1 aromatic carbocycles. The summed E-state index contributed by atoms with van der Waals surface area (Å²) in [6.45, 7) is 3.12. The quantitative estimate of drug-likeness (QED) is 0.463. The first-order chi connectivity index (χ1) is 13.1. The fraction of sp³-hybridized carbons (Fsp3) is 0.278. The number of carbonyl (C=O) groups is 1. The minimum atomic E-state index is -0.426. The molecule has 0 bridgehead atoms. The summed E-state index contributed by atoms with van der Waals surface area (Å²) in [7, 11) is 0. The highest BCUT2D eigenvalue weighted by molar-refractivity contribution is 5.94. The van der Waals surface area contributed by atoms with Gasteiger partial charge in [-0.25, -0.2) is 9.97 Å². The molecule has 2 aromatic heterocycles. The van der Waals surface area contributed by atoms with Crippen LogP contribution in [0.5, 0.6) is 0 Å². The summed E-state index contributed by atoms with van der Waals surface area (Å²) in [5.41, 5.74) is 7.43. The van der Waals surface area contributed by atoms with Gasteiger partial charge in [0.2, 0.25) is 5.95 Å². The summed E-state index contributed by atoms with van der Waals surface area (Å²) in [5, 5.41) is 6.06. The normalized spacial score (nSPS) is 10.7. The number of hydrogen-bond donors (Lipinski definition) is 4.